The Morgan fingerprint density at radius 1 is 1.25 bits per heavy atom. The first-order valence-corrected chi connectivity index (χ1v) is 8.19. The average molecular weight is 309 g/mol. The number of anilines is 1. The van der Waals surface area contributed by atoms with Gasteiger partial charge in [0.2, 0.25) is 0 Å². The smallest absolute Gasteiger partial charge is 0.191 e. The van der Waals surface area contributed by atoms with Gasteiger partial charge in [-0.1, -0.05) is 29.8 Å². The van der Waals surface area contributed by atoms with E-state index in [9.17, 15) is 0 Å². The zero-order valence-corrected chi connectivity index (χ0v) is 12.8. The van der Waals surface area contributed by atoms with Crippen molar-refractivity contribution in [2.45, 2.75) is 43.1 Å². The Morgan fingerprint density at radius 3 is 3.05 bits per heavy atom. The number of hydrogen-bond acceptors (Lipinski definition) is 4. The monoisotopic (exact) mass is 308 g/mol. The minimum Gasteiger partial charge on any atom is -0.399 e. The Labute approximate surface area is 127 Å². The Kier molecular flexibility index (Phi) is 4.17. The van der Waals surface area contributed by atoms with E-state index in [4.69, 9.17) is 17.3 Å². The van der Waals surface area contributed by atoms with Gasteiger partial charge in [0.05, 0.1) is 0 Å². The highest BCUT2D eigenvalue weighted by Crippen LogP contribution is 2.28. The molecule has 0 amide bonds. The lowest BCUT2D eigenvalue weighted by Crippen LogP contribution is -2.02. The topological polar surface area (TPSA) is 56.7 Å². The fourth-order valence-corrected chi connectivity index (χ4v) is 3.65. The van der Waals surface area contributed by atoms with Crippen LogP contribution in [0, 0.1) is 0 Å². The molecule has 1 aromatic heterocycles. The van der Waals surface area contributed by atoms with Gasteiger partial charge in [-0.25, -0.2) is 0 Å². The number of hydrogen-bond donors (Lipinski definition) is 1. The lowest BCUT2D eigenvalue weighted by Gasteiger charge is -2.07. The minimum atomic E-state index is 0.741. The molecule has 1 aliphatic heterocycles. The standard InChI is InChI=1S/C14H17ClN4S/c15-12-6-5-11(16)8-10(12)9-20-14-18-17-13-4-2-1-3-7-19(13)14/h5-6,8H,1-4,7,9,16H2. The Morgan fingerprint density at radius 2 is 2.15 bits per heavy atom. The summed E-state index contributed by atoms with van der Waals surface area (Å²) in [5.74, 6) is 1.88. The van der Waals surface area contributed by atoms with E-state index >= 15 is 0 Å². The van der Waals surface area contributed by atoms with Gasteiger partial charge in [0, 0.05) is 29.4 Å². The number of nitrogens with two attached hydrogens (primary N) is 1. The molecule has 0 fully saturated rings. The molecule has 3 rings (SSSR count). The van der Waals surface area contributed by atoms with Gasteiger partial charge in [-0.15, -0.1) is 10.2 Å². The summed E-state index contributed by atoms with van der Waals surface area (Å²) in [5, 5.41) is 10.4. The molecule has 106 valence electrons. The van der Waals surface area contributed by atoms with Crippen molar-refractivity contribution in [2.24, 2.45) is 0 Å². The molecule has 0 saturated carbocycles. The number of halogens is 1. The number of nitrogens with zero attached hydrogens (tertiary/aromatic N) is 3. The van der Waals surface area contributed by atoms with Crippen LogP contribution in [0.25, 0.3) is 0 Å². The molecule has 2 heterocycles. The summed E-state index contributed by atoms with van der Waals surface area (Å²) in [7, 11) is 0. The third kappa shape index (κ3) is 2.94. The molecule has 20 heavy (non-hydrogen) atoms. The van der Waals surface area contributed by atoms with Crippen LogP contribution in [0.5, 0.6) is 0 Å². The molecule has 2 aromatic rings. The van der Waals surface area contributed by atoms with Gasteiger partial charge in [0.1, 0.15) is 5.82 Å². The molecule has 0 saturated heterocycles. The fourth-order valence-electron chi connectivity index (χ4n) is 2.41. The van der Waals surface area contributed by atoms with Crippen LogP contribution in [0.1, 0.15) is 30.7 Å². The summed E-state index contributed by atoms with van der Waals surface area (Å²) in [5.41, 5.74) is 7.59. The van der Waals surface area contributed by atoms with Crippen LogP contribution in [0.4, 0.5) is 5.69 Å². The Balaban J connectivity index is 1.75. The molecule has 0 radical (unpaired) electrons. The average Bonchev–Trinajstić information content (AvgIpc) is 2.68. The van der Waals surface area contributed by atoms with Crippen molar-refractivity contribution in [3.63, 3.8) is 0 Å². The van der Waals surface area contributed by atoms with Crippen molar-refractivity contribution in [3.8, 4) is 0 Å². The van der Waals surface area contributed by atoms with Gasteiger partial charge in [-0.2, -0.15) is 0 Å². The van der Waals surface area contributed by atoms with E-state index < -0.39 is 0 Å². The number of thioether (sulfide) groups is 1. The van der Waals surface area contributed by atoms with Crippen molar-refractivity contribution < 1.29 is 0 Å². The summed E-state index contributed by atoms with van der Waals surface area (Å²) >= 11 is 7.87. The maximum absolute atomic E-state index is 6.19. The van der Waals surface area contributed by atoms with E-state index in [0.29, 0.717) is 0 Å². The minimum absolute atomic E-state index is 0.741. The van der Waals surface area contributed by atoms with Crippen molar-refractivity contribution in [3.05, 3.63) is 34.6 Å². The quantitative estimate of drug-likeness (QED) is 0.696. The van der Waals surface area contributed by atoms with Gasteiger partial charge in [-0.05, 0) is 36.6 Å². The zero-order chi connectivity index (χ0) is 13.9. The molecular weight excluding hydrogens is 292 g/mol. The first-order valence-electron chi connectivity index (χ1n) is 6.83. The van der Waals surface area contributed by atoms with Crippen molar-refractivity contribution in [1.29, 1.82) is 0 Å². The fraction of sp³-hybridized carbons (Fsp3) is 0.429. The van der Waals surface area contributed by atoms with Crippen molar-refractivity contribution in [1.82, 2.24) is 14.8 Å². The highest BCUT2D eigenvalue weighted by molar-refractivity contribution is 7.98. The third-order valence-corrected chi connectivity index (χ3v) is 4.89. The molecule has 0 spiro atoms. The number of aromatic nitrogens is 3. The van der Waals surface area contributed by atoms with Gasteiger partial charge in [0.15, 0.2) is 5.16 Å². The van der Waals surface area contributed by atoms with E-state index in [0.717, 1.165) is 46.0 Å². The number of aryl methyl sites for hydroxylation is 1. The molecule has 0 atom stereocenters. The highest BCUT2D eigenvalue weighted by atomic mass is 35.5. The van der Waals surface area contributed by atoms with Crippen LogP contribution in [0.2, 0.25) is 5.02 Å². The van der Waals surface area contributed by atoms with Crippen LogP contribution >= 0.6 is 23.4 Å². The molecule has 1 aromatic carbocycles. The summed E-state index contributed by atoms with van der Waals surface area (Å²) in [6, 6.07) is 5.59. The van der Waals surface area contributed by atoms with E-state index in [1.807, 2.05) is 18.2 Å². The zero-order valence-electron chi connectivity index (χ0n) is 11.2. The van der Waals surface area contributed by atoms with Gasteiger partial charge >= 0.3 is 0 Å². The molecule has 0 bridgehead atoms. The number of nitrogen functional groups attached to an aromatic ring is 1. The van der Waals surface area contributed by atoms with Crippen molar-refractivity contribution >= 4 is 29.1 Å². The summed E-state index contributed by atoms with van der Waals surface area (Å²) in [6.45, 7) is 1.02. The molecule has 2 N–H and O–H groups in total. The first kappa shape index (κ1) is 13.8. The third-order valence-electron chi connectivity index (χ3n) is 3.50. The Bertz CT molecular complexity index is 611. The second-order valence-corrected chi connectivity index (χ2v) is 6.35. The molecular formula is C14H17ClN4S. The van der Waals surface area contributed by atoms with E-state index in [1.165, 1.54) is 19.3 Å². The molecule has 0 unspecified atom stereocenters. The normalized spacial score (nSPS) is 14.8. The van der Waals surface area contributed by atoms with Gasteiger partial charge in [0.25, 0.3) is 0 Å². The lowest BCUT2D eigenvalue weighted by atomic mass is 10.2. The van der Waals surface area contributed by atoms with Crippen LogP contribution in [0.15, 0.2) is 23.4 Å². The summed E-state index contributed by atoms with van der Waals surface area (Å²) in [4.78, 5) is 0. The second kappa shape index (κ2) is 6.06. The maximum atomic E-state index is 6.19. The van der Waals surface area contributed by atoms with Crippen molar-refractivity contribution in [2.75, 3.05) is 5.73 Å². The second-order valence-electron chi connectivity index (χ2n) is 5.00. The largest absolute Gasteiger partial charge is 0.399 e. The van der Waals surface area contributed by atoms with E-state index in [1.54, 1.807) is 11.8 Å². The number of benzene rings is 1. The van der Waals surface area contributed by atoms with Crippen LogP contribution in [0.3, 0.4) is 0 Å². The van der Waals surface area contributed by atoms with Crippen LogP contribution in [-0.2, 0) is 18.7 Å². The number of fused-ring (bicyclic) bond motifs is 1. The molecule has 6 heteroatoms. The predicted octanol–water partition coefficient (Wildman–Crippen LogP) is 3.53. The molecule has 4 nitrogen and oxygen atoms in total. The summed E-state index contributed by atoms with van der Waals surface area (Å²) < 4.78 is 2.25. The van der Waals surface area contributed by atoms with Crippen LogP contribution in [-0.4, -0.2) is 14.8 Å². The lowest BCUT2D eigenvalue weighted by molar-refractivity contribution is 0.591. The predicted molar refractivity (Wildman–Crippen MR) is 83.0 cm³/mol. The van der Waals surface area contributed by atoms with Gasteiger partial charge in [-0.3, -0.25) is 0 Å². The van der Waals surface area contributed by atoms with Gasteiger partial charge < -0.3 is 10.3 Å². The SMILES string of the molecule is Nc1ccc(Cl)c(CSc2nnc3n2CCCCC3)c1. The molecule has 1 aliphatic rings. The highest BCUT2D eigenvalue weighted by Gasteiger charge is 2.15. The maximum Gasteiger partial charge on any atom is 0.191 e. The number of rotatable bonds is 3. The van der Waals surface area contributed by atoms with E-state index in [-0.39, 0.29) is 0 Å². The van der Waals surface area contributed by atoms with E-state index in [2.05, 4.69) is 14.8 Å². The Hall–Kier alpha value is -1.20. The summed E-state index contributed by atoms with van der Waals surface area (Å²) in [6.07, 6.45) is 4.72. The van der Waals surface area contributed by atoms with Crippen LogP contribution < -0.4 is 5.73 Å². The first-order chi connectivity index (χ1) is 9.74. The molecule has 0 aliphatic carbocycles.